The molecule has 9 heteroatoms. The van der Waals surface area contributed by atoms with Gasteiger partial charge < -0.3 is 5.73 Å². The van der Waals surface area contributed by atoms with E-state index in [0.717, 1.165) is 54.6 Å². The first-order chi connectivity index (χ1) is 18.9. The van der Waals surface area contributed by atoms with Gasteiger partial charge in [0.1, 0.15) is 5.82 Å². The molecule has 0 bridgehead atoms. The van der Waals surface area contributed by atoms with Gasteiger partial charge in [-0.1, -0.05) is 43.2 Å². The van der Waals surface area contributed by atoms with E-state index in [1.165, 1.54) is 4.90 Å². The molecular weight excluding hydrogens is 492 g/mol. The molecule has 1 aliphatic heterocycles. The molecule has 0 unspecified atom stereocenters. The van der Waals surface area contributed by atoms with Crippen LogP contribution in [0.2, 0.25) is 0 Å². The van der Waals surface area contributed by atoms with Gasteiger partial charge in [-0.3, -0.25) is 28.5 Å². The summed E-state index contributed by atoms with van der Waals surface area (Å²) in [6, 6.07) is 15.4. The number of carbonyl (C=O) groups excluding carboxylic acids is 3. The number of likely N-dealkylation sites (tertiary alicyclic amines) is 1. The van der Waals surface area contributed by atoms with Crippen molar-refractivity contribution in [1.82, 2.24) is 24.2 Å². The molecule has 3 amide bonds. The number of primary amides is 1. The fraction of sp³-hybridized carbons (Fsp3) is 0.300. The molecular formula is C30H32N6O3. The number of hydrogen-bond acceptors (Lipinski definition) is 5. The minimum absolute atomic E-state index is 0.0547. The summed E-state index contributed by atoms with van der Waals surface area (Å²) >= 11 is 0. The summed E-state index contributed by atoms with van der Waals surface area (Å²) in [5.41, 5.74) is 10.5. The van der Waals surface area contributed by atoms with Gasteiger partial charge in [0, 0.05) is 55.6 Å². The van der Waals surface area contributed by atoms with Gasteiger partial charge in [0.25, 0.3) is 0 Å². The van der Waals surface area contributed by atoms with Gasteiger partial charge in [0.2, 0.25) is 17.7 Å². The molecule has 0 radical (unpaired) electrons. The molecule has 5 rings (SSSR count). The fourth-order valence-corrected chi connectivity index (χ4v) is 5.11. The molecule has 1 fully saturated rings. The van der Waals surface area contributed by atoms with E-state index in [1.54, 1.807) is 16.9 Å². The second-order valence-electron chi connectivity index (χ2n) is 9.86. The molecule has 0 aliphatic carbocycles. The third-order valence-corrected chi connectivity index (χ3v) is 7.08. The summed E-state index contributed by atoms with van der Waals surface area (Å²) in [7, 11) is 1.85. The number of hydrogen-bond donors (Lipinski definition) is 1. The van der Waals surface area contributed by atoms with Gasteiger partial charge in [-0.25, -0.2) is 4.98 Å². The second-order valence-corrected chi connectivity index (χ2v) is 9.86. The summed E-state index contributed by atoms with van der Waals surface area (Å²) < 4.78 is 3.74. The Bertz CT molecular complexity index is 1490. The van der Waals surface area contributed by atoms with Gasteiger partial charge in [-0.05, 0) is 43.0 Å². The maximum absolute atomic E-state index is 12.6. The lowest BCUT2D eigenvalue weighted by Gasteiger charge is -2.14. The molecule has 0 atom stereocenters. The number of imidazole rings is 1. The first-order valence-corrected chi connectivity index (χ1v) is 13.3. The van der Waals surface area contributed by atoms with Gasteiger partial charge in [-0.15, -0.1) is 0 Å². The number of unbranched alkanes of at least 4 members (excludes halogenated alkanes) is 3. The van der Waals surface area contributed by atoms with Gasteiger partial charge in [0.15, 0.2) is 0 Å². The van der Waals surface area contributed by atoms with Crippen LogP contribution in [0.15, 0.2) is 67.1 Å². The smallest absolute Gasteiger partial charge is 0.249 e. The number of carbonyl (C=O) groups is 3. The minimum atomic E-state index is -0.519. The van der Waals surface area contributed by atoms with Crippen molar-refractivity contribution in [2.45, 2.75) is 44.9 Å². The highest BCUT2D eigenvalue weighted by Gasteiger charge is 2.28. The van der Waals surface area contributed by atoms with Crippen LogP contribution < -0.4 is 5.73 Å². The Kier molecular flexibility index (Phi) is 7.67. The monoisotopic (exact) mass is 524 g/mol. The van der Waals surface area contributed by atoms with Crippen LogP contribution in [0.4, 0.5) is 0 Å². The first-order valence-electron chi connectivity index (χ1n) is 13.3. The largest absolute Gasteiger partial charge is 0.366 e. The molecule has 39 heavy (non-hydrogen) atoms. The molecule has 9 nitrogen and oxygen atoms in total. The van der Waals surface area contributed by atoms with E-state index in [1.807, 2.05) is 66.5 Å². The second kappa shape index (κ2) is 11.5. The Labute approximate surface area is 227 Å². The minimum Gasteiger partial charge on any atom is -0.366 e. The van der Waals surface area contributed by atoms with Gasteiger partial charge in [-0.2, -0.15) is 5.10 Å². The van der Waals surface area contributed by atoms with Crippen molar-refractivity contribution < 1.29 is 14.4 Å². The first kappa shape index (κ1) is 26.1. The van der Waals surface area contributed by atoms with Crippen LogP contribution in [-0.2, 0) is 23.1 Å². The zero-order valence-electron chi connectivity index (χ0n) is 22.0. The summed E-state index contributed by atoms with van der Waals surface area (Å²) in [5.74, 6) is 0.0205. The number of nitrogens with zero attached hydrogens (tertiary/aromatic N) is 5. The highest BCUT2D eigenvalue weighted by Crippen LogP contribution is 2.36. The van der Waals surface area contributed by atoms with Crippen molar-refractivity contribution >= 4 is 17.7 Å². The van der Waals surface area contributed by atoms with Gasteiger partial charge in [0.05, 0.1) is 17.5 Å². The molecule has 3 heterocycles. The lowest BCUT2D eigenvalue weighted by atomic mass is 9.96. The van der Waals surface area contributed by atoms with Crippen LogP contribution in [0.1, 0.15) is 54.6 Å². The molecule has 4 aromatic rings. The van der Waals surface area contributed by atoms with Crippen molar-refractivity contribution in [3.05, 3.63) is 78.4 Å². The lowest BCUT2D eigenvalue weighted by molar-refractivity contribution is -0.138. The van der Waals surface area contributed by atoms with Crippen LogP contribution in [0.5, 0.6) is 0 Å². The number of aryl methyl sites for hydroxylation is 2. The number of aromatic nitrogens is 4. The molecule has 2 N–H and O–H groups in total. The fourth-order valence-electron chi connectivity index (χ4n) is 5.11. The van der Waals surface area contributed by atoms with Crippen molar-refractivity contribution in [2.24, 2.45) is 12.8 Å². The van der Waals surface area contributed by atoms with Gasteiger partial charge >= 0.3 is 0 Å². The molecule has 200 valence electrons. The van der Waals surface area contributed by atoms with Crippen molar-refractivity contribution in [1.29, 1.82) is 0 Å². The lowest BCUT2D eigenvalue weighted by Crippen LogP contribution is -2.29. The number of benzene rings is 2. The van der Waals surface area contributed by atoms with Crippen LogP contribution in [-0.4, -0.2) is 48.5 Å². The maximum Gasteiger partial charge on any atom is 0.249 e. The average Bonchev–Trinajstić information content (AvgIpc) is 3.65. The van der Waals surface area contributed by atoms with Crippen molar-refractivity contribution in [2.75, 3.05) is 6.54 Å². The maximum atomic E-state index is 12.6. The van der Waals surface area contributed by atoms with E-state index in [9.17, 15) is 14.4 Å². The van der Waals surface area contributed by atoms with Crippen LogP contribution in [0.3, 0.4) is 0 Å². The average molecular weight is 525 g/mol. The summed E-state index contributed by atoms with van der Waals surface area (Å²) in [4.78, 5) is 42.6. The highest BCUT2D eigenvalue weighted by atomic mass is 16.2. The Hall–Kier alpha value is -4.53. The van der Waals surface area contributed by atoms with Crippen LogP contribution in [0.25, 0.3) is 28.2 Å². The van der Waals surface area contributed by atoms with Crippen LogP contribution >= 0.6 is 0 Å². The van der Waals surface area contributed by atoms with E-state index >= 15 is 0 Å². The third kappa shape index (κ3) is 5.67. The van der Waals surface area contributed by atoms with E-state index in [2.05, 4.69) is 5.10 Å². The standard InChI is InChI=1S/C30H32N6O3/c1-34-19-21(18-32-34)24-13-9-14-25(29(31)39)28(24)30-33-22(20-36(30)23-11-6-4-7-12-23)10-5-2-3-8-17-35-26(37)15-16-27(35)38/h4,6-7,9,11-14,18-20H,2-3,5,8,10,15-17H2,1H3,(H2,31,39). The quantitative estimate of drug-likeness (QED) is 0.232. The highest BCUT2D eigenvalue weighted by molar-refractivity contribution is 6.03. The zero-order valence-corrected chi connectivity index (χ0v) is 22.0. The summed E-state index contributed by atoms with van der Waals surface area (Å²) in [5, 5.41) is 4.32. The van der Waals surface area contributed by atoms with E-state index in [0.29, 0.717) is 36.3 Å². The number of nitrogens with two attached hydrogens (primary N) is 1. The summed E-state index contributed by atoms with van der Waals surface area (Å²) in [6.07, 6.45) is 10.8. The van der Waals surface area contributed by atoms with E-state index in [4.69, 9.17) is 10.7 Å². The third-order valence-electron chi connectivity index (χ3n) is 7.08. The SMILES string of the molecule is Cn1cc(-c2cccc(C(N)=O)c2-c2nc(CCCCCCN3C(=O)CCC3=O)cn2-c2ccccc2)cn1. The molecule has 0 spiro atoms. The molecule has 1 aliphatic rings. The van der Waals surface area contributed by atoms with Crippen molar-refractivity contribution in [3.8, 4) is 28.2 Å². The predicted molar refractivity (Wildman–Crippen MR) is 148 cm³/mol. The number of rotatable bonds is 11. The molecule has 0 saturated carbocycles. The summed E-state index contributed by atoms with van der Waals surface area (Å²) in [6.45, 7) is 0.505. The van der Waals surface area contributed by atoms with E-state index in [-0.39, 0.29) is 11.8 Å². The molecule has 2 aromatic heterocycles. The van der Waals surface area contributed by atoms with Crippen molar-refractivity contribution in [3.63, 3.8) is 0 Å². The number of para-hydroxylation sites is 1. The molecule has 2 aromatic carbocycles. The van der Waals surface area contributed by atoms with E-state index < -0.39 is 5.91 Å². The Morgan fingerprint density at radius 2 is 1.67 bits per heavy atom. The number of amides is 3. The predicted octanol–water partition coefficient (Wildman–Crippen LogP) is 4.29. The number of imide groups is 1. The normalized spacial score (nSPS) is 13.4. The Morgan fingerprint density at radius 1 is 0.923 bits per heavy atom. The van der Waals surface area contributed by atoms with Crippen LogP contribution in [0, 0.1) is 0 Å². The Morgan fingerprint density at radius 3 is 2.36 bits per heavy atom. The zero-order chi connectivity index (χ0) is 27.4. The molecule has 1 saturated heterocycles. The Balaban J connectivity index is 1.40. The topological polar surface area (TPSA) is 116 Å².